The molecule has 51 heavy (non-hydrogen) atoms. The summed E-state index contributed by atoms with van der Waals surface area (Å²) in [7, 11) is 0. The van der Waals surface area contributed by atoms with Crippen molar-refractivity contribution in [3.05, 3.63) is 131 Å². The van der Waals surface area contributed by atoms with Crippen molar-refractivity contribution >= 4 is 65.6 Å². The van der Waals surface area contributed by atoms with Crippen LogP contribution in [0.25, 0.3) is 76.9 Å². The largest absolute Gasteiger partial charge is 0.455 e. The lowest BCUT2D eigenvalue weighted by Crippen LogP contribution is -2.11. The van der Waals surface area contributed by atoms with Crippen molar-refractivity contribution in [2.24, 2.45) is 0 Å². The molecule has 3 aromatic heterocycles. The Morgan fingerprint density at radius 3 is 1.75 bits per heavy atom. The minimum Gasteiger partial charge on any atom is -0.455 e. The molecule has 6 aromatic carbocycles. The second-order valence-corrected chi connectivity index (χ2v) is 15.7. The zero-order valence-electron chi connectivity index (χ0n) is 29.6. The number of nitrogens with zero attached hydrogens (tertiary/aromatic N) is 4. The van der Waals surface area contributed by atoms with Crippen molar-refractivity contribution in [3.8, 4) is 23.5 Å². The molecule has 9 rings (SSSR count). The van der Waals surface area contributed by atoms with E-state index in [9.17, 15) is 10.5 Å². The Balaban J connectivity index is 1.47. The molecule has 0 fully saturated rings. The van der Waals surface area contributed by atoms with Crippen LogP contribution in [0, 0.1) is 22.7 Å². The van der Waals surface area contributed by atoms with E-state index in [1.54, 1.807) is 6.07 Å². The van der Waals surface area contributed by atoms with Gasteiger partial charge in [0.05, 0.1) is 50.0 Å². The summed E-state index contributed by atoms with van der Waals surface area (Å²) in [6, 6.07) is 42.7. The third kappa shape index (κ3) is 4.38. The molecule has 0 aliphatic heterocycles. The molecular weight excluding hydrogens is 625 g/mol. The van der Waals surface area contributed by atoms with E-state index < -0.39 is 0 Å². The summed E-state index contributed by atoms with van der Waals surface area (Å²) < 4.78 is 11.0. The standard InChI is InChI=1S/C46H36N4O/c1-45(2,3)28-16-20-37-33(23-28)34-24-29(46(4,5)6)17-21-38(34)50(37)43-35(26-48)27(25-47)15-19-40(43)49-36-13-9-7-12-32(36)42-39(49)22-18-31-30-11-8-10-14-41(30)51-44(31)42/h7-24H,1-6H3. The summed E-state index contributed by atoms with van der Waals surface area (Å²) in [5.41, 5.74) is 10.1. The molecule has 0 N–H and O–H groups in total. The molecule has 0 atom stereocenters. The zero-order valence-corrected chi connectivity index (χ0v) is 29.6. The van der Waals surface area contributed by atoms with Crippen LogP contribution in [0.2, 0.25) is 0 Å². The molecule has 0 radical (unpaired) electrons. The van der Waals surface area contributed by atoms with Gasteiger partial charge in [-0.1, -0.05) is 90.1 Å². The molecular formula is C46H36N4O. The highest BCUT2D eigenvalue weighted by Crippen LogP contribution is 2.44. The number of benzene rings is 6. The molecule has 9 aromatic rings. The Hall–Kier alpha value is -6.30. The van der Waals surface area contributed by atoms with Crippen LogP contribution in [-0.4, -0.2) is 9.13 Å². The average molecular weight is 661 g/mol. The lowest BCUT2D eigenvalue weighted by molar-refractivity contribution is 0.590. The number of nitriles is 2. The fraction of sp³-hybridized carbons (Fsp3) is 0.174. The third-order valence-electron chi connectivity index (χ3n) is 10.5. The van der Waals surface area contributed by atoms with E-state index in [-0.39, 0.29) is 10.8 Å². The molecule has 0 aliphatic rings. The van der Waals surface area contributed by atoms with Gasteiger partial charge in [0.25, 0.3) is 0 Å². The van der Waals surface area contributed by atoms with Crippen LogP contribution in [0.1, 0.15) is 63.8 Å². The predicted octanol–water partition coefficient (Wildman–Crippen LogP) is 12.1. The van der Waals surface area contributed by atoms with Gasteiger partial charge in [0.2, 0.25) is 0 Å². The maximum Gasteiger partial charge on any atom is 0.145 e. The Bertz CT molecular complexity index is 2940. The highest BCUT2D eigenvalue weighted by Gasteiger charge is 2.27. The average Bonchev–Trinajstić information content (AvgIpc) is 3.77. The Morgan fingerprint density at radius 2 is 1.12 bits per heavy atom. The second-order valence-electron chi connectivity index (χ2n) is 15.7. The van der Waals surface area contributed by atoms with E-state index in [4.69, 9.17) is 4.42 Å². The van der Waals surface area contributed by atoms with Crippen molar-refractivity contribution < 1.29 is 4.42 Å². The van der Waals surface area contributed by atoms with Crippen molar-refractivity contribution in [1.29, 1.82) is 10.5 Å². The summed E-state index contributed by atoms with van der Waals surface area (Å²) in [5.74, 6) is 0. The minimum absolute atomic E-state index is 0.0566. The van der Waals surface area contributed by atoms with Crippen molar-refractivity contribution in [2.45, 2.75) is 52.4 Å². The smallest absolute Gasteiger partial charge is 0.145 e. The molecule has 0 spiro atoms. The molecule has 246 valence electrons. The van der Waals surface area contributed by atoms with Crippen molar-refractivity contribution in [3.63, 3.8) is 0 Å². The van der Waals surface area contributed by atoms with Crippen LogP contribution in [0.4, 0.5) is 0 Å². The molecule has 0 saturated heterocycles. The minimum atomic E-state index is -0.0566. The number of rotatable bonds is 2. The van der Waals surface area contributed by atoms with E-state index in [1.807, 2.05) is 30.3 Å². The van der Waals surface area contributed by atoms with Gasteiger partial charge in [0.15, 0.2) is 0 Å². The second kappa shape index (κ2) is 10.6. The van der Waals surface area contributed by atoms with E-state index in [1.165, 1.54) is 11.1 Å². The first-order valence-corrected chi connectivity index (χ1v) is 17.4. The maximum absolute atomic E-state index is 10.9. The van der Waals surface area contributed by atoms with Crippen LogP contribution in [-0.2, 0) is 10.8 Å². The Morgan fingerprint density at radius 1 is 0.529 bits per heavy atom. The van der Waals surface area contributed by atoms with Gasteiger partial charge in [-0.05, 0) is 82.6 Å². The summed E-state index contributed by atoms with van der Waals surface area (Å²) >= 11 is 0. The SMILES string of the molecule is CC(C)(C)c1ccc2c(c1)c1cc(C(C)(C)C)ccc1n2-c1c(-n2c3ccccc3c3c4oc5ccccc5c4ccc32)ccc(C#N)c1C#N. The molecule has 0 unspecified atom stereocenters. The first-order valence-electron chi connectivity index (χ1n) is 17.4. The molecule has 0 bridgehead atoms. The van der Waals surface area contributed by atoms with Gasteiger partial charge in [-0.2, -0.15) is 10.5 Å². The van der Waals surface area contributed by atoms with E-state index in [0.29, 0.717) is 16.8 Å². The molecule has 0 saturated carbocycles. The third-order valence-corrected chi connectivity index (χ3v) is 10.5. The Labute approximate surface area is 296 Å². The summed E-state index contributed by atoms with van der Waals surface area (Å²) in [6.45, 7) is 13.4. The Kier molecular flexibility index (Phi) is 6.39. The summed E-state index contributed by atoms with van der Waals surface area (Å²) in [6.07, 6.45) is 0. The molecule has 5 heteroatoms. The first-order chi connectivity index (χ1) is 24.5. The maximum atomic E-state index is 10.9. The fourth-order valence-electron chi connectivity index (χ4n) is 7.88. The van der Waals surface area contributed by atoms with Gasteiger partial charge >= 0.3 is 0 Å². The highest BCUT2D eigenvalue weighted by atomic mass is 16.3. The molecule has 5 nitrogen and oxygen atoms in total. The van der Waals surface area contributed by atoms with Gasteiger partial charge in [0.1, 0.15) is 23.3 Å². The fourth-order valence-corrected chi connectivity index (χ4v) is 7.88. The van der Waals surface area contributed by atoms with E-state index in [2.05, 4.69) is 136 Å². The van der Waals surface area contributed by atoms with Gasteiger partial charge in [-0.3, -0.25) is 0 Å². The number of fused-ring (bicyclic) bond motifs is 10. The zero-order chi connectivity index (χ0) is 35.4. The lowest BCUT2D eigenvalue weighted by Gasteiger charge is -2.21. The predicted molar refractivity (Wildman–Crippen MR) is 209 cm³/mol. The van der Waals surface area contributed by atoms with Crippen molar-refractivity contribution in [1.82, 2.24) is 9.13 Å². The van der Waals surface area contributed by atoms with E-state index in [0.717, 1.165) is 71.2 Å². The molecule has 0 aliphatic carbocycles. The quantitative estimate of drug-likeness (QED) is 0.185. The lowest BCUT2D eigenvalue weighted by atomic mass is 9.85. The van der Waals surface area contributed by atoms with Crippen LogP contribution in [0.5, 0.6) is 0 Å². The van der Waals surface area contributed by atoms with Crippen LogP contribution >= 0.6 is 0 Å². The van der Waals surface area contributed by atoms with Gasteiger partial charge in [-0.25, -0.2) is 0 Å². The van der Waals surface area contributed by atoms with Crippen LogP contribution < -0.4 is 0 Å². The number of aromatic nitrogens is 2. The van der Waals surface area contributed by atoms with Gasteiger partial charge < -0.3 is 13.6 Å². The summed E-state index contributed by atoms with van der Waals surface area (Å²) in [4.78, 5) is 0. The highest BCUT2D eigenvalue weighted by molar-refractivity contribution is 6.24. The monoisotopic (exact) mass is 660 g/mol. The normalized spacial score (nSPS) is 12.5. The topological polar surface area (TPSA) is 70.6 Å². The molecule has 3 heterocycles. The van der Waals surface area contributed by atoms with Gasteiger partial charge in [-0.15, -0.1) is 0 Å². The first kappa shape index (κ1) is 30.7. The van der Waals surface area contributed by atoms with Crippen LogP contribution in [0.3, 0.4) is 0 Å². The van der Waals surface area contributed by atoms with Crippen molar-refractivity contribution in [2.75, 3.05) is 0 Å². The number of para-hydroxylation sites is 2. The number of hydrogen-bond donors (Lipinski definition) is 0. The molecule has 0 amide bonds. The van der Waals surface area contributed by atoms with Crippen LogP contribution in [0.15, 0.2) is 114 Å². The van der Waals surface area contributed by atoms with E-state index >= 15 is 0 Å². The number of furan rings is 1. The van der Waals surface area contributed by atoms with Gasteiger partial charge in [0, 0.05) is 26.9 Å². The number of hydrogen-bond acceptors (Lipinski definition) is 3. The summed E-state index contributed by atoms with van der Waals surface area (Å²) in [5, 5.41) is 27.7.